The average molecular weight is 270 g/mol. The number of halogens is 1. The summed E-state index contributed by atoms with van der Waals surface area (Å²) in [6, 6.07) is 2.08. The highest BCUT2D eigenvalue weighted by Crippen LogP contribution is 2.21. The molecule has 1 aromatic rings. The van der Waals surface area contributed by atoms with Gasteiger partial charge < -0.3 is 5.43 Å². The maximum atomic E-state index is 4.37. The monoisotopic (exact) mass is 269 g/mol. The SMILES string of the molecule is Cc1cnc(NN2CCCCC2)c(Br)c1. The van der Waals surface area contributed by atoms with Crippen LogP contribution in [-0.2, 0) is 0 Å². The molecular formula is C11H16BrN3. The van der Waals surface area contributed by atoms with E-state index >= 15 is 0 Å². The van der Waals surface area contributed by atoms with Crippen LogP contribution in [0.5, 0.6) is 0 Å². The predicted molar refractivity (Wildman–Crippen MR) is 65.7 cm³/mol. The lowest BCUT2D eigenvalue weighted by Crippen LogP contribution is -2.35. The summed E-state index contributed by atoms with van der Waals surface area (Å²) in [6.07, 6.45) is 5.78. The molecule has 0 atom stereocenters. The molecule has 1 aliphatic rings. The van der Waals surface area contributed by atoms with Gasteiger partial charge >= 0.3 is 0 Å². The number of anilines is 1. The molecule has 4 heteroatoms. The van der Waals surface area contributed by atoms with Crippen LogP contribution < -0.4 is 5.43 Å². The molecule has 15 heavy (non-hydrogen) atoms. The highest BCUT2D eigenvalue weighted by molar-refractivity contribution is 9.10. The third-order valence-electron chi connectivity index (χ3n) is 2.60. The van der Waals surface area contributed by atoms with Crippen LogP contribution in [0.4, 0.5) is 5.82 Å². The molecule has 1 N–H and O–H groups in total. The molecule has 1 fully saturated rings. The molecule has 0 aromatic carbocycles. The van der Waals surface area contributed by atoms with Gasteiger partial charge in [-0.05, 0) is 47.3 Å². The van der Waals surface area contributed by atoms with E-state index in [4.69, 9.17) is 0 Å². The molecule has 2 rings (SSSR count). The van der Waals surface area contributed by atoms with E-state index in [9.17, 15) is 0 Å². The summed E-state index contributed by atoms with van der Waals surface area (Å²) < 4.78 is 1.04. The first-order chi connectivity index (χ1) is 7.25. The largest absolute Gasteiger partial charge is 0.302 e. The number of aromatic nitrogens is 1. The summed E-state index contributed by atoms with van der Waals surface area (Å²) in [5.41, 5.74) is 4.52. The minimum atomic E-state index is 0.919. The quantitative estimate of drug-likeness (QED) is 0.895. The van der Waals surface area contributed by atoms with Gasteiger partial charge in [-0.1, -0.05) is 6.42 Å². The van der Waals surface area contributed by atoms with Gasteiger partial charge in [0.15, 0.2) is 5.82 Å². The van der Waals surface area contributed by atoms with Crippen molar-refractivity contribution in [3.8, 4) is 0 Å². The summed E-state index contributed by atoms with van der Waals surface area (Å²) in [4.78, 5) is 4.37. The number of hydrogen-bond acceptors (Lipinski definition) is 3. The molecule has 3 nitrogen and oxygen atoms in total. The number of nitrogens with zero attached hydrogens (tertiary/aromatic N) is 2. The second-order valence-electron chi connectivity index (χ2n) is 4.00. The third-order valence-corrected chi connectivity index (χ3v) is 3.20. The van der Waals surface area contributed by atoms with Crippen molar-refractivity contribution in [2.24, 2.45) is 0 Å². The second kappa shape index (κ2) is 4.94. The zero-order chi connectivity index (χ0) is 10.7. The third kappa shape index (κ3) is 2.92. The molecule has 0 bridgehead atoms. The summed E-state index contributed by atoms with van der Waals surface area (Å²) in [6.45, 7) is 4.27. The Bertz CT molecular complexity index is 335. The van der Waals surface area contributed by atoms with Gasteiger partial charge in [0.2, 0.25) is 0 Å². The number of piperidine rings is 1. The Balaban J connectivity index is 2.03. The van der Waals surface area contributed by atoms with Gasteiger partial charge in [0.25, 0.3) is 0 Å². The molecule has 0 saturated carbocycles. The highest BCUT2D eigenvalue weighted by Gasteiger charge is 2.11. The van der Waals surface area contributed by atoms with Crippen molar-refractivity contribution in [1.29, 1.82) is 0 Å². The predicted octanol–water partition coefficient (Wildman–Crippen LogP) is 2.97. The van der Waals surface area contributed by atoms with Crippen molar-refractivity contribution in [1.82, 2.24) is 9.99 Å². The average Bonchev–Trinajstić information content (AvgIpc) is 2.24. The molecule has 0 amide bonds. The lowest BCUT2D eigenvalue weighted by atomic mass is 10.2. The van der Waals surface area contributed by atoms with Gasteiger partial charge in [0, 0.05) is 19.3 Å². The van der Waals surface area contributed by atoms with Crippen LogP contribution in [0, 0.1) is 6.92 Å². The fourth-order valence-electron chi connectivity index (χ4n) is 1.77. The number of pyridine rings is 1. The fraction of sp³-hybridized carbons (Fsp3) is 0.545. The van der Waals surface area contributed by atoms with Crippen molar-refractivity contribution >= 4 is 21.7 Å². The Morgan fingerprint density at radius 3 is 2.73 bits per heavy atom. The minimum absolute atomic E-state index is 0.919. The minimum Gasteiger partial charge on any atom is -0.302 e. The molecule has 0 unspecified atom stereocenters. The molecule has 1 aromatic heterocycles. The van der Waals surface area contributed by atoms with Crippen LogP contribution in [0.3, 0.4) is 0 Å². The number of hydrogen-bond donors (Lipinski definition) is 1. The lowest BCUT2D eigenvalue weighted by molar-refractivity contribution is 0.272. The first kappa shape index (κ1) is 10.9. The van der Waals surface area contributed by atoms with E-state index in [0.717, 1.165) is 23.4 Å². The van der Waals surface area contributed by atoms with Crippen LogP contribution in [0.2, 0.25) is 0 Å². The molecule has 82 valence electrons. The van der Waals surface area contributed by atoms with E-state index in [1.54, 1.807) is 0 Å². The van der Waals surface area contributed by atoms with Gasteiger partial charge in [0.1, 0.15) is 0 Å². The topological polar surface area (TPSA) is 28.2 Å². The molecule has 1 aliphatic heterocycles. The van der Waals surface area contributed by atoms with Crippen molar-refractivity contribution in [2.45, 2.75) is 26.2 Å². The molecule has 0 aliphatic carbocycles. The fourth-order valence-corrected chi connectivity index (χ4v) is 2.32. The van der Waals surface area contributed by atoms with E-state index in [1.165, 1.54) is 24.8 Å². The number of aryl methyl sites for hydroxylation is 1. The normalized spacial score (nSPS) is 17.7. The standard InChI is InChI=1S/C11H16BrN3/c1-9-7-10(12)11(13-8-9)14-15-5-3-2-4-6-15/h7-8H,2-6H2,1H3,(H,13,14). The summed E-state index contributed by atoms with van der Waals surface area (Å²) >= 11 is 3.52. The van der Waals surface area contributed by atoms with Crippen LogP contribution >= 0.6 is 15.9 Å². The number of rotatable bonds is 2. The van der Waals surface area contributed by atoms with Gasteiger partial charge in [-0.2, -0.15) is 0 Å². The Morgan fingerprint density at radius 2 is 2.07 bits per heavy atom. The van der Waals surface area contributed by atoms with E-state index in [0.29, 0.717) is 0 Å². The smallest absolute Gasteiger partial charge is 0.154 e. The van der Waals surface area contributed by atoms with Crippen LogP contribution in [0.25, 0.3) is 0 Å². The molecule has 0 radical (unpaired) electrons. The summed E-state index contributed by atoms with van der Waals surface area (Å²) in [7, 11) is 0. The Morgan fingerprint density at radius 1 is 1.33 bits per heavy atom. The van der Waals surface area contributed by atoms with Crippen LogP contribution in [0.15, 0.2) is 16.7 Å². The van der Waals surface area contributed by atoms with Crippen molar-refractivity contribution in [3.63, 3.8) is 0 Å². The van der Waals surface area contributed by atoms with Gasteiger partial charge in [-0.3, -0.25) is 0 Å². The van der Waals surface area contributed by atoms with E-state index in [1.807, 2.05) is 13.1 Å². The van der Waals surface area contributed by atoms with Crippen LogP contribution in [-0.4, -0.2) is 23.1 Å². The zero-order valence-corrected chi connectivity index (χ0v) is 10.5. The van der Waals surface area contributed by atoms with E-state index < -0.39 is 0 Å². The Kier molecular flexibility index (Phi) is 3.59. The van der Waals surface area contributed by atoms with E-state index in [2.05, 4.69) is 37.4 Å². The Labute approximate surface area is 99.0 Å². The van der Waals surface area contributed by atoms with Gasteiger partial charge in [-0.25, -0.2) is 9.99 Å². The number of hydrazine groups is 1. The van der Waals surface area contributed by atoms with E-state index in [-0.39, 0.29) is 0 Å². The van der Waals surface area contributed by atoms with Crippen LogP contribution in [0.1, 0.15) is 24.8 Å². The summed E-state index contributed by atoms with van der Waals surface area (Å²) in [5, 5.41) is 2.24. The Hall–Kier alpha value is -0.610. The van der Waals surface area contributed by atoms with Crippen molar-refractivity contribution in [2.75, 3.05) is 18.5 Å². The van der Waals surface area contributed by atoms with Crippen molar-refractivity contribution < 1.29 is 0 Å². The molecule has 2 heterocycles. The lowest BCUT2D eigenvalue weighted by Gasteiger charge is -2.27. The molecule has 1 saturated heterocycles. The first-order valence-corrected chi connectivity index (χ1v) is 6.19. The second-order valence-corrected chi connectivity index (χ2v) is 4.86. The maximum absolute atomic E-state index is 4.37. The number of nitrogens with one attached hydrogen (secondary N) is 1. The van der Waals surface area contributed by atoms with Gasteiger partial charge in [-0.15, -0.1) is 0 Å². The maximum Gasteiger partial charge on any atom is 0.154 e. The first-order valence-electron chi connectivity index (χ1n) is 5.39. The molecular weight excluding hydrogens is 254 g/mol. The zero-order valence-electron chi connectivity index (χ0n) is 8.96. The van der Waals surface area contributed by atoms with Gasteiger partial charge in [0.05, 0.1) is 4.47 Å². The van der Waals surface area contributed by atoms with Crippen molar-refractivity contribution in [3.05, 3.63) is 22.3 Å². The summed E-state index contributed by atoms with van der Waals surface area (Å²) in [5.74, 6) is 0.919. The molecule has 0 spiro atoms. The highest BCUT2D eigenvalue weighted by atomic mass is 79.9.